The molecule has 0 amide bonds. The van der Waals surface area contributed by atoms with Crippen LogP contribution < -0.4 is 0 Å². The van der Waals surface area contributed by atoms with E-state index in [1.165, 1.54) is 51.5 Å². The van der Waals surface area contributed by atoms with Gasteiger partial charge in [0, 0.05) is 74.6 Å². The molecule has 4 aromatic heterocycles. The number of benzene rings is 8. The third-order valence-corrected chi connectivity index (χ3v) is 13.4. The van der Waals surface area contributed by atoms with E-state index in [1.807, 2.05) is 35.1 Å². The maximum atomic E-state index is 5.31. The van der Waals surface area contributed by atoms with E-state index in [-0.39, 0.29) is 0 Å². The highest BCUT2D eigenvalue weighted by atomic mass is 32.1. The molecule has 12 rings (SSSR count). The van der Waals surface area contributed by atoms with E-state index in [0.717, 1.165) is 54.8 Å². The topological polar surface area (TPSA) is 51.6 Å². The molecule has 260 valence electrons. The van der Waals surface area contributed by atoms with Crippen LogP contribution in [0.2, 0.25) is 0 Å². The lowest BCUT2D eigenvalue weighted by atomic mass is 9.99. The third-order valence-electron chi connectivity index (χ3n) is 11.0. The van der Waals surface area contributed by atoms with Gasteiger partial charge >= 0.3 is 0 Å². The standard InChI is InChI=1S/C50H28N4S2/c1-2-16-36-35(15-1)41-27-51-49(31-13-7-11-29(25-31)33-19-9-21-39-37-17-3-5-23-43(37)55-47(33)39)53-45(41)46-42(36)28-52-50(54-46)32-14-8-12-30(26-32)34-20-10-22-40-38-18-4-6-24-44(38)56-48(34)40/h1-28H. The maximum Gasteiger partial charge on any atom is 0.159 e. The van der Waals surface area contributed by atoms with Crippen LogP contribution in [0, 0.1) is 0 Å². The van der Waals surface area contributed by atoms with Crippen LogP contribution in [-0.4, -0.2) is 19.9 Å². The summed E-state index contributed by atoms with van der Waals surface area (Å²) in [5.74, 6) is 1.33. The van der Waals surface area contributed by atoms with Gasteiger partial charge in [0.05, 0.1) is 0 Å². The first-order valence-corrected chi connectivity index (χ1v) is 20.2. The molecular weight excluding hydrogens is 721 g/mol. The molecule has 0 spiro atoms. The molecule has 0 saturated carbocycles. The Labute approximate surface area is 329 Å². The van der Waals surface area contributed by atoms with E-state index in [9.17, 15) is 0 Å². The van der Waals surface area contributed by atoms with Crippen molar-refractivity contribution in [2.45, 2.75) is 0 Å². The van der Waals surface area contributed by atoms with Gasteiger partial charge < -0.3 is 0 Å². The lowest BCUT2D eigenvalue weighted by Gasteiger charge is -2.12. The summed E-state index contributed by atoms with van der Waals surface area (Å²) in [7, 11) is 0. The fourth-order valence-corrected chi connectivity index (χ4v) is 10.8. The van der Waals surface area contributed by atoms with Crippen LogP contribution in [0.3, 0.4) is 0 Å². The number of rotatable bonds is 4. The zero-order chi connectivity index (χ0) is 36.7. The Morgan fingerprint density at radius 1 is 0.321 bits per heavy atom. The second-order valence-electron chi connectivity index (χ2n) is 14.2. The zero-order valence-corrected chi connectivity index (χ0v) is 31.4. The van der Waals surface area contributed by atoms with E-state index in [4.69, 9.17) is 19.9 Å². The summed E-state index contributed by atoms with van der Waals surface area (Å²) < 4.78 is 5.17. The molecule has 0 aliphatic rings. The van der Waals surface area contributed by atoms with Crippen LogP contribution >= 0.6 is 22.7 Å². The molecule has 0 atom stereocenters. The summed E-state index contributed by atoms with van der Waals surface area (Å²) in [6.07, 6.45) is 3.93. The molecule has 12 aromatic rings. The Bertz CT molecular complexity index is 3330. The smallest absolute Gasteiger partial charge is 0.159 e. The highest BCUT2D eigenvalue weighted by Gasteiger charge is 2.17. The molecular formula is C50H28N4S2. The van der Waals surface area contributed by atoms with Crippen LogP contribution in [-0.2, 0) is 0 Å². The van der Waals surface area contributed by atoms with Crippen molar-refractivity contribution in [3.05, 3.63) is 170 Å². The van der Waals surface area contributed by atoms with Crippen LogP contribution in [0.5, 0.6) is 0 Å². The largest absolute Gasteiger partial charge is 0.236 e. The van der Waals surface area contributed by atoms with E-state index >= 15 is 0 Å². The first-order chi connectivity index (χ1) is 27.7. The van der Waals surface area contributed by atoms with E-state index in [1.54, 1.807) is 0 Å². The van der Waals surface area contributed by atoms with Crippen molar-refractivity contribution in [1.29, 1.82) is 0 Å². The summed E-state index contributed by atoms with van der Waals surface area (Å²) in [5.41, 5.74) is 8.26. The summed E-state index contributed by atoms with van der Waals surface area (Å²) in [6, 6.07) is 56.1. The van der Waals surface area contributed by atoms with Crippen molar-refractivity contribution in [2.75, 3.05) is 0 Å². The van der Waals surface area contributed by atoms with Gasteiger partial charge in [0.15, 0.2) is 11.6 Å². The molecule has 0 aliphatic heterocycles. The maximum absolute atomic E-state index is 5.31. The van der Waals surface area contributed by atoms with Crippen molar-refractivity contribution in [3.63, 3.8) is 0 Å². The summed E-state index contributed by atoms with van der Waals surface area (Å²) >= 11 is 3.69. The van der Waals surface area contributed by atoms with Crippen LogP contribution in [0.1, 0.15) is 0 Å². The average Bonchev–Trinajstić information content (AvgIpc) is 3.85. The second kappa shape index (κ2) is 12.3. The minimum Gasteiger partial charge on any atom is -0.236 e. The number of thiophene rings is 2. The minimum absolute atomic E-state index is 0.665. The normalized spacial score (nSPS) is 11.9. The monoisotopic (exact) mass is 748 g/mol. The molecule has 0 fully saturated rings. The van der Waals surface area contributed by atoms with Gasteiger partial charge in [-0.05, 0) is 57.3 Å². The van der Waals surface area contributed by atoms with Gasteiger partial charge in [-0.25, -0.2) is 19.9 Å². The molecule has 56 heavy (non-hydrogen) atoms. The van der Waals surface area contributed by atoms with Gasteiger partial charge in [-0.15, -0.1) is 22.7 Å². The summed E-state index contributed by atoms with van der Waals surface area (Å²) in [5, 5.41) is 9.27. The summed E-state index contributed by atoms with van der Waals surface area (Å²) in [4.78, 5) is 20.6. The molecule has 4 nitrogen and oxygen atoms in total. The first kappa shape index (κ1) is 31.5. The quantitative estimate of drug-likeness (QED) is 0.168. The third kappa shape index (κ3) is 4.83. The molecule has 0 radical (unpaired) electrons. The number of aromatic nitrogens is 4. The van der Waals surface area contributed by atoms with Crippen LogP contribution in [0.15, 0.2) is 170 Å². The molecule has 0 N–H and O–H groups in total. The molecule has 4 heterocycles. The van der Waals surface area contributed by atoms with Gasteiger partial charge in [0.25, 0.3) is 0 Å². The highest BCUT2D eigenvalue weighted by molar-refractivity contribution is 7.26. The van der Waals surface area contributed by atoms with Crippen molar-refractivity contribution in [3.8, 4) is 45.0 Å². The van der Waals surface area contributed by atoms with E-state index < -0.39 is 0 Å². The Hall–Kier alpha value is -6.86. The summed E-state index contributed by atoms with van der Waals surface area (Å²) in [6.45, 7) is 0. The minimum atomic E-state index is 0.665. The number of hydrogen-bond donors (Lipinski definition) is 0. The molecule has 8 aromatic carbocycles. The van der Waals surface area contributed by atoms with E-state index in [2.05, 4.69) is 158 Å². The predicted molar refractivity (Wildman–Crippen MR) is 238 cm³/mol. The lowest BCUT2D eigenvalue weighted by molar-refractivity contribution is 1.21. The van der Waals surface area contributed by atoms with Crippen molar-refractivity contribution in [2.24, 2.45) is 0 Å². The fraction of sp³-hybridized carbons (Fsp3) is 0. The molecule has 0 saturated heterocycles. The fourth-order valence-electron chi connectivity index (χ4n) is 8.35. The van der Waals surface area contributed by atoms with Gasteiger partial charge in [0.1, 0.15) is 11.0 Å². The Morgan fingerprint density at radius 3 is 1.20 bits per heavy atom. The predicted octanol–water partition coefficient (Wildman–Crippen LogP) is 14.1. The Kier molecular flexibility index (Phi) is 6.93. The van der Waals surface area contributed by atoms with Gasteiger partial charge in [0.2, 0.25) is 0 Å². The lowest BCUT2D eigenvalue weighted by Crippen LogP contribution is -1.97. The van der Waals surface area contributed by atoms with E-state index in [0.29, 0.717) is 11.6 Å². The molecule has 0 bridgehead atoms. The molecule has 6 heteroatoms. The van der Waals surface area contributed by atoms with Gasteiger partial charge in [-0.1, -0.05) is 133 Å². The van der Waals surface area contributed by atoms with Crippen molar-refractivity contribution < 1.29 is 0 Å². The highest BCUT2D eigenvalue weighted by Crippen LogP contribution is 2.42. The first-order valence-electron chi connectivity index (χ1n) is 18.6. The Morgan fingerprint density at radius 2 is 0.714 bits per heavy atom. The number of fused-ring (bicyclic) bond motifs is 12. The van der Waals surface area contributed by atoms with Gasteiger partial charge in [-0.2, -0.15) is 0 Å². The van der Waals surface area contributed by atoms with Gasteiger partial charge in [-0.3, -0.25) is 0 Å². The number of nitrogens with zero attached hydrogens (tertiary/aromatic N) is 4. The molecule has 0 unspecified atom stereocenters. The van der Waals surface area contributed by atoms with Crippen LogP contribution in [0.25, 0.3) is 118 Å². The second-order valence-corrected chi connectivity index (χ2v) is 16.3. The average molecular weight is 749 g/mol. The Balaban J connectivity index is 1.01. The van der Waals surface area contributed by atoms with Crippen LogP contribution in [0.4, 0.5) is 0 Å². The molecule has 0 aliphatic carbocycles. The van der Waals surface area contributed by atoms with Crippen molar-refractivity contribution in [1.82, 2.24) is 19.9 Å². The zero-order valence-electron chi connectivity index (χ0n) is 29.8. The van der Waals surface area contributed by atoms with Crippen molar-refractivity contribution >= 4 is 95.6 Å². The number of hydrogen-bond acceptors (Lipinski definition) is 6. The SMILES string of the molecule is c1cc(-c2ncc3c4ccccc4c4cnc(-c5cccc(-c6cccc7c6sc6ccccc67)c5)nc4c3n2)cc(-c2cccc3c2sc2ccccc23)c1.